The van der Waals surface area contributed by atoms with Crippen molar-refractivity contribution in [3.8, 4) is 0 Å². The minimum Gasteiger partial charge on any atom is -0.479 e. The average molecular weight is 151 g/mol. The molecular weight excluding hydrogens is 138 g/mol. The number of hydrogen-bond acceptors (Lipinski definition) is 4. The number of hydrogen-bond donors (Lipinski definition) is 4. The van der Waals surface area contributed by atoms with E-state index in [1.807, 2.05) is 0 Å². The summed E-state index contributed by atoms with van der Waals surface area (Å²) in [5.41, 5.74) is -2.03. The summed E-state index contributed by atoms with van der Waals surface area (Å²) in [5.74, 6) is -1.42. The third-order valence-electron chi connectivity index (χ3n) is 1.25. The Hall–Kier alpha value is -0.650. The third-order valence-corrected chi connectivity index (χ3v) is 1.25. The van der Waals surface area contributed by atoms with E-state index in [2.05, 4.69) is 0 Å². The molecule has 6 N–H and O–H groups in total. The van der Waals surface area contributed by atoms with Gasteiger partial charge >= 0.3 is 5.97 Å². The van der Waals surface area contributed by atoms with Crippen molar-refractivity contribution in [2.75, 3.05) is 0 Å². The highest BCUT2D eigenvalue weighted by atomic mass is 16.4. The summed E-state index contributed by atoms with van der Waals surface area (Å²) < 4.78 is 0. The lowest BCUT2D eigenvalue weighted by Gasteiger charge is -2.20. The SMILES string of the molecule is CC(O)C(C)(O)C(=O)O.N. The minimum atomic E-state index is -2.03. The maximum atomic E-state index is 10.1. The van der Waals surface area contributed by atoms with E-state index in [1.54, 1.807) is 0 Å². The summed E-state index contributed by atoms with van der Waals surface area (Å²) in [6.07, 6.45) is -1.25. The van der Waals surface area contributed by atoms with Gasteiger partial charge in [0.25, 0.3) is 0 Å². The van der Waals surface area contributed by atoms with Crippen molar-refractivity contribution in [3.05, 3.63) is 0 Å². The molecule has 0 aliphatic carbocycles. The molecule has 0 bridgehead atoms. The van der Waals surface area contributed by atoms with Gasteiger partial charge in [0.15, 0.2) is 5.60 Å². The van der Waals surface area contributed by atoms with Crippen LogP contribution in [0.25, 0.3) is 0 Å². The molecule has 0 aliphatic heterocycles. The van der Waals surface area contributed by atoms with E-state index in [-0.39, 0.29) is 6.15 Å². The van der Waals surface area contributed by atoms with Gasteiger partial charge in [0.1, 0.15) is 0 Å². The lowest BCUT2D eigenvalue weighted by atomic mass is 10.0. The van der Waals surface area contributed by atoms with Crippen LogP contribution in [0, 0.1) is 0 Å². The molecule has 0 saturated heterocycles. The number of carboxylic acid groups (broad SMARTS) is 1. The zero-order valence-electron chi connectivity index (χ0n) is 6.03. The lowest BCUT2D eigenvalue weighted by Crippen LogP contribution is -2.44. The van der Waals surface area contributed by atoms with E-state index < -0.39 is 17.7 Å². The fraction of sp³-hybridized carbons (Fsp3) is 0.800. The van der Waals surface area contributed by atoms with E-state index >= 15 is 0 Å². The molecule has 10 heavy (non-hydrogen) atoms. The molecule has 0 aromatic carbocycles. The molecule has 2 unspecified atom stereocenters. The summed E-state index contributed by atoms with van der Waals surface area (Å²) in [4.78, 5) is 10.1. The molecule has 0 saturated carbocycles. The van der Waals surface area contributed by atoms with Gasteiger partial charge in [-0.3, -0.25) is 0 Å². The van der Waals surface area contributed by atoms with Crippen molar-refractivity contribution in [1.29, 1.82) is 0 Å². The molecule has 62 valence electrons. The van der Waals surface area contributed by atoms with Gasteiger partial charge in [0.05, 0.1) is 6.10 Å². The van der Waals surface area contributed by atoms with Crippen molar-refractivity contribution < 1.29 is 20.1 Å². The summed E-state index contributed by atoms with van der Waals surface area (Å²) >= 11 is 0. The number of carboxylic acids is 1. The van der Waals surface area contributed by atoms with Gasteiger partial charge in [-0.05, 0) is 13.8 Å². The second kappa shape index (κ2) is 3.50. The number of rotatable bonds is 2. The molecule has 0 fully saturated rings. The number of aliphatic hydroxyl groups excluding tert-OH is 1. The van der Waals surface area contributed by atoms with Crippen molar-refractivity contribution >= 4 is 5.97 Å². The highest BCUT2D eigenvalue weighted by Crippen LogP contribution is 2.08. The molecule has 0 spiro atoms. The van der Waals surface area contributed by atoms with Crippen LogP contribution in [0.3, 0.4) is 0 Å². The summed E-state index contributed by atoms with van der Waals surface area (Å²) in [5, 5.41) is 25.6. The zero-order valence-corrected chi connectivity index (χ0v) is 6.03. The average Bonchev–Trinajstić information content (AvgIpc) is 1.65. The number of carbonyl (C=O) groups is 1. The maximum absolute atomic E-state index is 10.1. The Bertz CT molecular complexity index is 121. The lowest BCUT2D eigenvalue weighted by molar-refractivity contribution is -0.167. The van der Waals surface area contributed by atoms with Gasteiger partial charge in [-0.25, -0.2) is 4.79 Å². The van der Waals surface area contributed by atoms with Crippen molar-refractivity contribution in [1.82, 2.24) is 6.15 Å². The summed E-state index contributed by atoms with van der Waals surface area (Å²) in [7, 11) is 0. The first kappa shape index (κ1) is 12.1. The van der Waals surface area contributed by atoms with Crippen molar-refractivity contribution in [3.63, 3.8) is 0 Å². The minimum absolute atomic E-state index is 0. The normalized spacial score (nSPS) is 18.4. The number of aliphatic hydroxyl groups is 2. The van der Waals surface area contributed by atoms with E-state index in [4.69, 9.17) is 15.3 Å². The van der Waals surface area contributed by atoms with Gasteiger partial charge in [0, 0.05) is 0 Å². The quantitative estimate of drug-likeness (QED) is 0.419. The Morgan fingerprint density at radius 3 is 1.90 bits per heavy atom. The molecule has 2 atom stereocenters. The standard InChI is InChI=1S/C5H10O4.H3N/c1-3(6)5(2,9)4(7)8;/h3,6,9H,1-2H3,(H,7,8);1H3. The Labute approximate surface area is 58.9 Å². The summed E-state index contributed by atoms with van der Waals surface area (Å²) in [6.45, 7) is 2.26. The van der Waals surface area contributed by atoms with E-state index in [1.165, 1.54) is 6.92 Å². The molecule has 5 heteroatoms. The monoisotopic (exact) mass is 151 g/mol. The smallest absolute Gasteiger partial charge is 0.338 e. The van der Waals surface area contributed by atoms with Gasteiger partial charge in [-0.1, -0.05) is 0 Å². The third kappa shape index (κ3) is 2.30. The largest absolute Gasteiger partial charge is 0.479 e. The first-order valence-electron chi connectivity index (χ1n) is 2.53. The van der Waals surface area contributed by atoms with Crippen molar-refractivity contribution in [2.24, 2.45) is 0 Å². The molecule has 0 aromatic rings. The highest BCUT2D eigenvalue weighted by Gasteiger charge is 2.35. The van der Waals surface area contributed by atoms with E-state index in [0.717, 1.165) is 6.92 Å². The van der Waals surface area contributed by atoms with Gasteiger partial charge in [0.2, 0.25) is 0 Å². The molecule has 0 rings (SSSR count). The van der Waals surface area contributed by atoms with Crippen LogP contribution in [0.1, 0.15) is 13.8 Å². The zero-order chi connectivity index (χ0) is 7.65. The van der Waals surface area contributed by atoms with Crippen LogP contribution in [0.15, 0.2) is 0 Å². The second-order valence-electron chi connectivity index (χ2n) is 2.13. The first-order chi connectivity index (χ1) is 3.89. The topological polar surface area (TPSA) is 113 Å². The van der Waals surface area contributed by atoms with Gasteiger partial charge < -0.3 is 21.5 Å². The van der Waals surface area contributed by atoms with Crippen LogP contribution >= 0.6 is 0 Å². The first-order valence-corrected chi connectivity index (χ1v) is 2.53. The summed E-state index contributed by atoms with van der Waals surface area (Å²) in [6, 6.07) is 0. The molecule has 0 heterocycles. The Morgan fingerprint density at radius 2 is 1.90 bits per heavy atom. The Balaban J connectivity index is 0. The molecule has 0 radical (unpaired) electrons. The molecule has 5 nitrogen and oxygen atoms in total. The van der Waals surface area contributed by atoms with Crippen LogP contribution in [0.5, 0.6) is 0 Å². The maximum Gasteiger partial charge on any atom is 0.338 e. The predicted molar refractivity (Wildman–Crippen MR) is 35.0 cm³/mol. The van der Waals surface area contributed by atoms with Crippen LogP contribution in [-0.4, -0.2) is 33.0 Å². The molecule has 0 aromatic heterocycles. The van der Waals surface area contributed by atoms with Crippen molar-refractivity contribution in [2.45, 2.75) is 25.6 Å². The van der Waals surface area contributed by atoms with E-state index in [9.17, 15) is 4.79 Å². The fourth-order valence-corrected chi connectivity index (χ4v) is 0.179. The van der Waals surface area contributed by atoms with Gasteiger partial charge in [-0.2, -0.15) is 0 Å². The molecule has 0 aliphatic rings. The van der Waals surface area contributed by atoms with Crippen LogP contribution < -0.4 is 6.15 Å². The fourth-order valence-electron chi connectivity index (χ4n) is 0.179. The Kier molecular flexibility index (Phi) is 4.23. The molecular formula is C5H13NO4. The highest BCUT2D eigenvalue weighted by molar-refractivity contribution is 5.77. The predicted octanol–water partition coefficient (Wildman–Crippen LogP) is -0.635. The molecule has 0 amide bonds. The second-order valence-corrected chi connectivity index (χ2v) is 2.13. The van der Waals surface area contributed by atoms with Gasteiger partial charge in [-0.15, -0.1) is 0 Å². The number of aliphatic carboxylic acids is 1. The van der Waals surface area contributed by atoms with E-state index in [0.29, 0.717) is 0 Å². The van der Waals surface area contributed by atoms with Crippen LogP contribution in [0.4, 0.5) is 0 Å². The van der Waals surface area contributed by atoms with Crippen LogP contribution in [0.2, 0.25) is 0 Å². The van der Waals surface area contributed by atoms with Crippen LogP contribution in [-0.2, 0) is 4.79 Å². The Morgan fingerprint density at radius 1 is 1.60 bits per heavy atom.